The Kier molecular flexibility index (Phi) is 2.16. The SMILES string of the molecule is Cc1nc2cc(-c3csc(N)n3)ccc2n1C. The average molecular weight is 244 g/mol. The first-order valence-electron chi connectivity index (χ1n) is 5.29. The molecule has 2 N–H and O–H groups in total. The molecule has 86 valence electrons. The lowest BCUT2D eigenvalue weighted by molar-refractivity contribution is 0.886. The van der Waals surface area contributed by atoms with Crippen molar-refractivity contribution in [3.05, 3.63) is 29.4 Å². The minimum atomic E-state index is 0.595. The van der Waals surface area contributed by atoms with Gasteiger partial charge in [-0.05, 0) is 19.1 Å². The fraction of sp³-hybridized carbons (Fsp3) is 0.167. The maximum Gasteiger partial charge on any atom is 0.180 e. The number of thiazole rings is 1. The second-order valence-electron chi connectivity index (χ2n) is 3.99. The van der Waals surface area contributed by atoms with Crippen LogP contribution in [0.4, 0.5) is 5.13 Å². The third-order valence-electron chi connectivity index (χ3n) is 2.92. The van der Waals surface area contributed by atoms with Crippen LogP contribution in [0.5, 0.6) is 0 Å². The summed E-state index contributed by atoms with van der Waals surface area (Å²) in [7, 11) is 2.02. The zero-order valence-electron chi connectivity index (χ0n) is 9.64. The van der Waals surface area contributed by atoms with Crippen LogP contribution >= 0.6 is 11.3 Å². The predicted molar refractivity (Wildman–Crippen MR) is 71.0 cm³/mol. The topological polar surface area (TPSA) is 56.7 Å². The molecule has 2 aromatic heterocycles. The molecule has 2 heterocycles. The second kappa shape index (κ2) is 3.56. The van der Waals surface area contributed by atoms with E-state index in [1.165, 1.54) is 11.3 Å². The molecule has 0 unspecified atom stereocenters. The molecular weight excluding hydrogens is 232 g/mol. The van der Waals surface area contributed by atoms with E-state index >= 15 is 0 Å². The molecule has 0 radical (unpaired) electrons. The Balaban J connectivity index is 2.20. The Labute approximate surface area is 103 Å². The van der Waals surface area contributed by atoms with E-state index in [1.807, 2.05) is 19.4 Å². The standard InChI is InChI=1S/C12H12N4S/c1-7-14-9-5-8(3-4-11(9)16(7)2)10-6-17-12(13)15-10/h3-6H,1-2H3,(H2,13,15). The Morgan fingerprint density at radius 3 is 2.82 bits per heavy atom. The van der Waals surface area contributed by atoms with Gasteiger partial charge in [0.1, 0.15) is 5.82 Å². The van der Waals surface area contributed by atoms with Gasteiger partial charge in [-0.3, -0.25) is 0 Å². The van der Waals surface area contributed by atoms with Gasteiger partial charge in [0.2, 0.25) is 0 Å². The van der Waals surface area contributed by atoms with Crippen molar-refractivity contribution in [1.29, 1.82) is 0 Å². The minimum absolute atomic E-state index is 0.595. The number of hydrogen-bond donors (Lipinski definition) is 1. The Morgan fingerprint density at radius 1 is 1.29 bits per heavy atom. The van der Waals surface area contributed by atoms with Crippen molar-refractivity contribution < 1.29 is 0 Å². The highest BCUT2D eigenvalue weighted by Gasteiger charge is 2.07. The molecule has 0 saturated heterocycles. The molecular formula is C12H12N4S. The van der Waals surface area contributed by atoms with E-state index in [0.717, 1.165) is 28.1 Å². The zero-order chi connectivity index (χ0) is 12.0. The summed E-state index contributed by atoms with van der Waals surface area (Å²) in [5, 5.41) is 2.56. The summed E-state index contributed by atoms with van der Waals surface area (Å²) >= 11 is 1.45. The number of anilines is 1. The van der Waals surface area contributed by atoms with Crippen LogP contribution in [-0.4, -0.2) is 14.5 Å². The normalized spacial score (nSPS) is 11.2. The van der Waals surface area contributed by atoms with Crippen molar-refractivity contribution in [2.45, 2.75) is 6.92 Å². The van der Waals surface area contributed by atoms with Crippen molar-refractivity contribution in [3.8, 4) is 11.3 Å². The van der Waals surface area contributed by atoms with E-state index in [2.05, 4.69) is 32.7 Å². The van der Waals surface area contributed by atoms with Crippen LogP contribution < -0.4 is 5.73 Å². The first-order valence-corrected chi connectivity index (χ1v) is 6.17. The molecule has 5 heteroatoms. The number of nitrogens with two attached hydrogens (primary N) is 1. The zero-order valence-corrected chi connectivity index (χ0v) is 10.5. The molecule has 0 aliphatic rings. The quantitative estimate of drug-likeness (QED) is 0.715. The van der Waals surface area contributed by atoms with Crippen LogP contribution in [0.1, 0.15) is 5.82 Å². The fourth-order valence-corrected chi connectivity index (χ4v) is 2.47. The number of benzene rings is 1. The summed E-state index contributed by atoms with van der Waals surface area (Å²) in [5.74, 6) is 1.01. The van der Waals surface area contributed by atoms with Crippen molar-refractivity contribution in [2.24, 2.45) is 7.05 Å². The first-order chi connectivity index (χ1) is 8.15. The monoisotopic (exact) mass is 244 g/mol. The number of aryl methyl sites for hydroxylation is 2. The molecule has 0 saturated carbocycles. The molecule has 0 aliphatic heterocycles. The third kappa shape index (κ3) is 1.59. The first kappa shape index (κ1) is 10.3. The molecule has 3 aromatic rings. The Bertz CT molecular complexity index is 696. The molecule has 0 amide bonds. The van der Waals surface area contributed by atoms with Gasteiger partial charge < -0.3 is 10.3 Å². The van der Waals surface area contributed by atoms with Gasteiger partial charge in [-0.2, -0.15) is 0 Å². The van der Waals surface area contributed by atoms with E-state index in [1.54, 1.807) is 0 Å². The van der Waals surface area contributed by atoms with Gasteiger partial charge in [0.15, 0.2) is 5.13 Å². The van der Waals surface area contributed by atoms with Crippen LogP contribution in [0.15, 0.2) is 23.6 Å². The maximum atomic E-state index is 5.64. The predicted octanol–water partition coefficient (Wildman–Crippen LogP) is 2.59. The lowest BCUT2D eigenvalue weighted by Crippen LogP contribution is -1.89. The van der Waals surface area contributed by atoms with Crippen LogP contribution in [0.2, 0.25) is 0 Å². The van der Waals surface area contributed by atoms with Crippen LogP contribution in [0.3, 0.4) is 0 Å². The van der Waals surface area contributed by atoms with Gasteiger partial charge in [-0.25, -0.2) is 9.97 Å². The highest BCUT2D eigenvalue weighted by atomic mass is 32.1. The molecule has 3 rings (SSSR count). The minimum Gasteiger partial charge on any atom is -0.375 e. The summed E-state index contributed by atoms with van der Waals surface area (Å²) in [6.45, 7) is 2.00. The van der Waals surface area contributed by atoms with Gasteiger partial charge in [0.25, 0.3) is 0 Å². The fourth-order valence-electron chi connectivity index (χ4n) is 1.90. The summed E-state index contributed by atoms with van der Waals surface area (Å²) in [6, 6.07) is 6.18. The molecule has 17 heavy (non-hydrogen) atoms. The number of imidazole rings is 1. The number of fused-ring (bicyclic) bond motifs is 1. The van der Waals surface area contributed by atoms with Gasteiger partial charge in [-0.15, -0.1) is 11.3 Å². The molecule has 0 bridgehead atoms. The second-order valence-corrected chi connectivity index (χ2v) is 4.88. The highest BCUT2D eigenvalue weighted by Crippen LogP contribution is 2.26. The molecule has 0 spiro atoms. The molecule has 0 aliphatic carbocycles. The van der Waals surface area contributed by atoms with Gasteiger partial charge in [-0.1, -0.05) is 6.07 Å². The van der Waals surface area contributed by atoms with Gasteiger partial charge in [0, 0.05) is 18.0 Å². The maximum absolute atomic E-state index is 5.64. The van der Waals surface area contributed by atoms with Crippen molar-refractivity contribution in [2.75, 3.05) is 5.73 Å². The lowest BCUT2D eigenvalue weighted by atomic mass is 10.1. The summed E-state index contributed by atoms with van der Waals surface area (Å²) in [6.07, 6.45) is 0. The van der Waals surface area contributed by atoms with Crippen LogP contribution in [-0.2, 0) is 7.05 Å². The number of nitrogen functional groups attached to an aromatic ring is 1. The Morgan fingerprint density at radius 2 is 2.12 bits per heavy atom. The smallest absolute Gasteiger partial charge is 0.180 e. The summed E-state index contributed by atoms with van der Waals surface area (Å²) in [4.78, 5) is 8.79. The largest absolute Gasteiger partial charge is 0.375 e. The van der Waals surface area contributed by atoms with Crippen LogP contribution in [0.25, 0.3) is 22.3 Å². The van der Waals surface area contributed by atoms with Crippen molar-refractivity contribution >= 4 is 27.5 Å². The highest BCUT2D eigenvalue weighted by molar-refractivity contribution is 7.13. The Hall–Kier alpha value is -1.88. The van der Waals surface area contributed by atoms with E-state index in [4.69, 9.17) is 5.73 Å². The van der Waals surface area contributed by atoms with E-state index < -0.39 is 0 Å². The van der Waals surface area contributed by atoms with E-state index in [9.17, 15) is 0 Å². The van der Waals surface area contributed by atoms with E-state index in [0.29, 0.717) is 5.13 Å². The molecule has 4 nitrogen and oxygen atoms in total. The van der Waals surface area contributed by atoms with E-state index in [-0.39, 0.29) is 0 Å². The summed E-state index contributed by atoms with van der Waals surface area (Å²) in [5.41, 5.74) is 9.75. The molecule has 0 fully saturated rings. The summed E-state index contributed by atoms with van der Waals surface area (Å²) < 4.78 is 2.08. The van der Waals surface area contributed by atoms with Crippen LogP contribution in [0, 0.1) is 6.92 Å². The third-order valence-corrected chi connectivity index (χ3v) is 3.60. The number of nitrogens with zero attached hydrogens (tertiary/aromatic N) is 3. The van der Waals surface area contributed by atoms with Crippen molar-refractivity contribution in [1.82, 2.24) is 14.5 Å². The lowest BCUT2D eigenvalue weighted by Gasteiger charge is -1.98. The van der Waals surface area contributed by atoms with Gasteiger partial charge in [0.05, 0.1) is 16.7 Å². The number of aromatic nitrogens is 3. The average Bonchev–Trinajstić information content (AvgIpc) is 2.85. The molecule has 1 aromatic carbocycles. The number of rotatable bonds is 1. The number of hydrogen-bond acceptors (Lipinski definition) is 4. The van der Waals surface area contributed by atoms with Gasteiger partial charge >= 0.3 is 0 Å². The van der Waals surface area contributed by atoms with Crippen molar-refractivity contribution in [3.63, 3.8) is 0 Å². The molecule has 0 atom stereocenters.